The number of hydrogen-bond acceptors (Lipinski definition) is 7. The second-order valence-corrected chi connectivity index (χ2v) is 6.95. The third kappa shape index (κ3) is 3.18. The van der Waals surface area contributed by atoms with Crippen molar-refractivity contribution in [1.29, 1.82) is 0 Å². The molecule has 1 aromatic carbocycles. The SMILES string of the molecule is COc1ccc(NC(=O)c2cc(-c3cccs3)nc3onc(C)c23)cc1OC. The normalized spacial score (nSPS) is 10.8. The van der Waals surface area contributed by atoms with E-state index >= 15 is 0 Å². The van der Waals surface area contributed by atoms with E-state index in [-0.39, 0.29) is 5.91 Å². The Morgan fingerprint density at radius 3 is 2.68 bits per heavy atom. The summed E-state index contributed by atoms with van der Waals surface area (Å²) < 4.78 is 15.9. The Balaban J connectivity index is 1.75. The molecule has 142 valence electrons. The fourth-order valence-corrected chi connectivity index (χ4v) is 3.62. The molecule has 1 N–H and O–H groups in total. The summed E-state index contributed by atoms with van der Waals surface area (Å²) in [6.45, 7) is 1.78. The Labute approximate surface area is 164 Å². The number of methoxy groups -OCH3 is 2. The topological polar surface area (TPSA) is 86.5 Å². The highest BCUT2D eigenvalue weighted by Crippen LogP contribution is 2.32. The lowest BCUT2D eigenvalue weighted by Gasteiger charge is -2.11. The van der Waals surface area contributed by atoms with Gasteiger partial charge >= 0.3 is 0 Å². The molecule has 0 unspecified atom stereocenters. The molecule has 0 radical (unpaired) electrons. The highest BCUT2D eigenvalue weighted by Gasteiger charge is 2.20. The van der Waals surface area contributed by atoms with Gasteiger partial charge in [0.05, 0.1) is 41.4 Å². The average molecular weight is 395 g/mol. The Bertz CT molecular complexity index is 1150. The number of benzene rings is 1. The van der Waals surface area contributed by atoms with Crippen LogP contribution in [0.3, 0.4) is 0 Å². The predicted molar refractivity (Wildman–Crippen MR) is 107 cm³/mol. The van der Waals surface area contributed by atoms with E-state index in [4.69, 9.17) is 14.0 Å². The van der Waals surface area contributed by atoms with Crippen LogP contribution in [0.1, 0.15) is 16.1 Å². The van der Waals surface area contributed by atoms with Crippen molar-refractivity contribution in [1.82, 2.24) is 10.1 Å². The lowest BCUT2D eigenvalue weighted by atomic mass is 10.1. The minimum Gasteiger partial charge on any atom is -0.493 e. The second-order valence-electron chi connectivity index (χ2n) is 6.00. The molecule has 7 nitrogen and oxygen atoms in total. The maximum Gasteiger partial charge on any atom is 0.259 e. The smallest absolute Gasteiger partial charge is 0.259 e. The molecule has 0 aliphatic carbocycles. The van der Waals surface area contributed by atoms with Crippen molar-refractivity contribution in [2.45, 2.75) is 6.92 Å². The molecule has 28 heavy (non-hydrogen) atoms. The number of pyridine rings is 1. The van der Waals surface area contributed by atoms with Crippen LogP contribution in [0.2, 0.25) is 0 Å². The summed E-state index contributed by atoms with van der Waals surface area (Å²) in [6, 6.07) is 10.8. The minimum atomic E-state index is -0.288. The van der Waals surface area contributed by atoms with Crippen molar-refractivity contribution in [2.24, 2.45) is 0 Å². The van der Waals surface area contributed by atoms with Crippen molar-refractivity contribution >= 4 is 34.0 Å². The van der Waals surface area contributed by atoms with Crippen LogP contribution in [0.25, 0.3) is 21.7 Å². The van der Waals surface area contributed by atoms with Gasteiger partial charge in [0.1, 0.15) is 0 Å². The van der Waals surface area contributed by atoms with E-state index in [1.807, 2.05) is 17.5 Å². The number of hydrogen-bond donors (Lipinski definition) is 1. The van der Waals surface area contributed by atoms with Crippen LogP contribution in [-0.4, -0.2) is 30.3 Å². The van der Waals surface area contributed by atoms with Crippen LogP contribution in [-0.2, 0) is 0 Å². The summed E-state index contributed by atoms with van der Waals surface area (Å²) in [5, 5.41) is 9.42. The zero-order valence-electron chi connectivity index (χ0n) is 15.5. The van der Waals surface area contributed by atoms with Gasteiger partial charge in [0.15, 0.2) is 11.5 Å². The van der Waals surface area contributed by atoms with Crippen LogP contribution in [0.15, 0.2) is 46.3 Å². The fraction of sp³-hybridized carbons (Fsp3) is 0.150. The van der Waals surface area contributed by atoms with Crippen LogP contribution >= 0.6 is 11.3 Å². The number of nitrogens with one attached hydrogen (secondary N) is 1. The largest absolute Gasteiger partial charge is 0.493 e. The first-order chi connectivity index (χ1) is 13.6. The summed E-state index contributed by atoms with van der Waals surface area (Å²) in [4.78, 5) is 18.5. The van der Waals surface area contributed by atoms with E-state index in [9.17, 15) is 4.79 Å². The van der Waals surface area contributed by atoms with E-state index < -0.39 is 0 Å². The molecule has 0 atom stereocenters. The lowest BCUT2D eigenvalue weighted by molar-refractivity contribution is 0.102. The van der Waals surface area contributed by atoms with Gasteiger partial charge in [-0.2, -0.15) is 0 Å². The molecule has 4 aromatic rings. The number of aryl methyl sites for hydroxylation is 1. The summed E-state index contributed by atoms with van der Waals surface area (Å²) in [7, 11) is 3.11. The molecule has 0 aliphatic rings. The van der Waals surface area contributed by atoms with E-state index in [1.54, 1.807) is 45.4 Å². The third-order valence-electron chi connectivity index (χ3n) is 4.28. The maximum atomic E-state index is 13.1. The quantitative estimate of drug-likeness (QED) is 0.534. The van der Waals surface area contributed by atoms with E-state index in [0.29, 0.717) is 45.2 Å². The maximum absolute atomic E-state index is 13.1. The fourth-order valence-electron chi connectivity index (χ4n) is 2.94. The van der Waals surface area contributed by atoms with E-state index in [1.165, 1.54) is 11.3 Å². The second kappa shape index (κ2) is 7.32. The number of nitrogens with zero attached hydrogens (tertiary/aromatic N) is 2. The number of thiophene rings is 1. The summed E-state index contributed by atoms with van der Waals surface area (Å²) in [6.07, 6.45) is 0. The highest BCUT2D eigenvalue weighted by atomic mass is 32.1. The molecule has 0 aliphatic heterocycles. The first kappa shape index (κ1) is 18.0. The van der Waals surface area contributed by atoms with Gasteiger partial charge in [-0.15, -0.1) is 11.3 Å². The minimum absolute atomic E-state index is 0.288. The molecule has 8 heteroatoms. The van der Waals surface area contributed by atoms with Crippen molar-refractivity contribution < 1.29 is 18.8 Å². The molecule has 3 heterocycles. The zero-order valence-corrected chi connectivity index (χ0v) is 16.3. The number of ether oxygens (including phenoxy) is 2. The molecule has 0 saturated carbocycles. The van der Waals surface area contributed by atoms with Gasteiger partial charge in [-0.1, -0.05) is 11.2 Å². The van der Waals surface area contributed by atoms with Crippen LogP contribution in [0.5, 0.6) is 11.5 Å². The van der Waals surface area contributed by atoms with Gasteiger partial charge in [0.2, 0.25) is 0 Å². The monoisotopic (exact) mass is 395 g/mol. The molecule has 0 fully saturated rings. The molecular formula is C20H17N3O4S. The molecule has 1 amide bonds. The van der Waals surface area contributed by atoms with Gasteiger partial charge in [-0.3, -0.25) is 4.79 Å². The zero-order chi connectivity index (χ0) is 19.7. The Hall–Kier alpha value is -3.39. The van der Waals surface area contributed by atoms with Crippen molar-refractivity contribution in [3.63, 3.8) is 0 Å². The van der Waals surface area contributed by atoms with Crippen molar-refractivity contribution in [2.75, 3.05) is 19.5 Å². The van der Waals surface area contributed by atoms with Crippen LogP contribution in [0, 0.1) is 6.92 Å². The van der Waals surface area contributed by atoms with Crippen molar-refractivity contribution in [3.05, 3.63) is 53.0 Å². The molecule has 0 bridgehead atoms. The highest BCUT2D eigenvalue weighted by molar-refractivity contribution is 7.13. The first-order valence-corrected chi connectivity index (χ1v) is 9.33. The number of carbonyl (C=O) groups is 1. The van der Waals surface area contributed by atoms with Gasteiger partial charge in [0.25, 0.3) is 11.6 Å². The number of anilines is 1. The Kier molecular flexibility index (Phi) is 4.70. The van der Waals surface area contributed by atoms with Gasteiger partial charge in [0, 0.05) is 11.8 Å². The number of fused-ring (bicyclic) bond motifs is 1. The lowest BCUT2D eigenvalue weighted by Crippen LogP contribution is -2.13. The standard InChI is InChI=1S/C20H17N3O4S/c1-11-18-13(10-14(17-5-4-8-28-17)22-20(18)27-23-11)19(24)21-12-6-7-15(25-2)16(9-12)26-3/h4-10H,1-3H3,(H,21,24). The van der Waals surface area contributed by atoms with Gasteiger partial charge in [-0.05, 0) is 36.6 Å². The van der Waals surface area contributed by atoms with Crippen LogP contribution < -0.4 is 14.8 Å². The number of rotatable bonds is 5. The molecular weight excluding hydrogens is 378 g/mol. The summed E-state index contributed by atoms with van der Waals surface area (Å²) in [5.41, 5.74) is 2.64. The summed E-state index contributed by atoms with van der Waals surface area (Å²) in [5.74, 6) is 0.825. The van der Waals surface area contributed by atoms with E-state index in [2.05, 4.69) is 15.5 Å². The third-order valence-corrected chi connectivity index (χ3v) is 5.17. The predicted octanol–water partition coefficient (Wildman–Crippen LogP) is 4.53. The van der Waals surface area contributed by atoms with Crippen LogP contribution in [0.4, 0.5) is 5.69 Å². The van der Waals surface area contributed by atoms with E-state index in [0.717, 1.165) is 4.88 Å². The summed E-state index contributed by atoms with van der Waals surface area (Å²) >= 11 is 1.54. The molecule has 0 spiro atoms. The number of aromatic nitrogens is 2. The molecule has 0 saturated heterocycles. The van der Waals surface area contributed by atoms with Crippen molar-refractivity contribution in [3.8, 4) is 22.1 Å². The number of amides is 1. The average Bonchev–Trinajstić information content (AvgIpc) is 3.37. The first-order valence-electron chi connectivity index (χ1n) is 8.45. The Morgan fingerprint density at radius 1 is 1.14 bits per heavy atom. The Morgan fingerprint density at radius 2 is 1.96 bits per heavy atom. The molecule has 4 rings (SSSR count). The molecule has 3 aromatic heterocycles. The number of carbonyl (C=O) groups excluding carboxylic acids is 1. The van der Waals surface area contributed by atoms with Gasteiger partial charge < -0.3 is 19.3 Å². The van der Waals surface area contributed by atoms with Gasteiger partial charge in [-0.25, -0.2) is 4.98 Å².